The van der Waals surface area contributed by atoms with Gasteiger partial charge >= 0.3 is 0 Å². The Balaban J connectivity index is 1.73. The van der Waals surface area contributed by atoms with Crippen LogP contribution in [0.4, 0.5) is 0 Å². The summed E-state index contributed by atoms with van der Waals surface area (Å²) in [6, 6.07) is 0. The maximum absolute atomic E-state index is 4.16. The molecule has 0 aromatic rings. The van der Waals surface area contributed by atoms with E-state index in [-0.39, 0.29) is 0 Å². The average molecular weight is 226 g/mol. The molecule has 0 atom stereocenters. The van der Waals surface area contributed by atoms with Crippen molar-refractivity contribution < 1.29 is 0 Å². The molecule has 1 rings (SSSR count). The van der Waals surface area contributed by atoms with Gasteiger partial charge in [-0.05, 0) is 5.75 Å². The Kier molecular flexibility index (Phi) is 6.54. The fraction of sp³-hybridized carbons (Fsp3) is 1.00. The van der Waals surface area contributed by atoms with E-state index in [4.69, 9.17) is 0 Å². The molecule has 0 radical (unpaired) electrons. The maximum atomic E-state index is 4.16. The quantitative estimate of drug-likeness (QED) is 0.546. The minimum absolute atomic E-state index is 0.983. The van der Waals surface area contributed by atoms with Gasteiger partial charge in [0.25, 0.3) is 0 Å². The first kappa shape index (κ1) is 10.5. The highest BCUT2D eigenvalue weighted by atomic mass is 32.2. The third kappa shape index (κ3) is 4.86. The molecule has 0 N–H and O–H groups in total. The van der Waals surface area contributed by atoms with Gasteiger partial charge in [-0.2, -0.15) is 47.9 Å². The van der Waals surface area contributed by atoms with Gasteiger partial charge in [-0.15, -0.1) is 0 Å². The van der Waals surface area contributed by atoms with Crippen LogP contribution < -0.4 is 0 Å². The lowest BCUT2D eigenvalue weighted by atomic mass is 10.5. The number of thioether (sulfide) groups is 3. The van der Waals surface area contributed by atoms with Crippen LogP contribution in [0, 0.1) is 0 Å². The second-order valence-corrected chi connectivity index (χ2v) is 6.52. The Hall–Kier alpha value is 1.40. The van der Waals surface area contributed by atoms with Crippen molar-refractivity contribution in [3.63, 3.8) is 0 Å². The molecule has 0 spiro atoms. The Labute approximate surface area is 87.4 Å². The Bertz CT molecular complexity index is 92.4. The predicted molar refractivity (Wildman–Crippen MR) is 64.7 cm³/mol. The normalized spacial score (nSPS) is 18.3. The summed E-state index contributed by atoms with van der Waals surface area (Å²) in [6.45, 7) is 0. The first-order valence-corrected chi connectivity index (χ1v) is 7.80. The van der Waals surface area contributed by atoms with Gasteiger partial charge in [0.05, 0.1) is 0 Å². The molecule has 0 saturated carbocycles. The number of hydrogen-bond acceptors (Lipinski definition) is 4. The van der Waals surface area contributed by atoms with Gasteiger partial charge < -0.3 is 0 Å². The summed E-state index contributed by atoms with van der Waals surface area (Å²) in [4.78, 5) is 0. The van der Waals surface area contributed by atoms with E-state index in [1.165, 1.54) is 28.8 Å². The van der Waals surface area contributed by atoms with Crippen LogP contribution in [0.25, 0.3) is 0 Å². The Morgan fingerprint density at radius 3 is 2.64 bits per heavy atom. The molecule has 0 unspecified atom stereocenters. The first-order valence-electron chi connectivity index (χ1n) is 3.81. The van der Waals surface area contributed by atoms with E-state index < -0.39 is 0 Å². The molecule has 0 aromatic carbocycles. The molecule has 1 fully saturated rings. The zero-order valence-electron chi connectivity index (χ0n) is 6.49. The molecule has 66 valence electrons. The lowest BCUT2D eigenvalue weighted by Crippen LogP contribution is -2.21. The summed E-state index contributed by atoms with van der Waals surface area (Å²) in [7, 11) is 0. The van der Waals surface area contributed by atoms with Gasteiger partial charge in [-0.1, -0.05) is 0 Å². The SMILES string of the molecule is SCCSCCSC1CSC1. The van der Waals surface area contributed by atoms with Gasteiger partial charge in [-0.3, -0.25) is 0 Å². The fourth-order valence-corrected chi connectivity index (χ4v) is 4.44. The van der Waals surface area contributed by atoms with Gasteiger partial charge in [0.2, 0.25) is 0 Å². The van der Waals surface area contributed by atoms with Crippen LogP contribution in [0.15, 0.2) is 0 Å². The lowest BCUT2D eigenvalue weighted by molar-refractivity contribution is 1.08. The maximum Gasteiger partial charge on any atom is 0.0229 e. The van der Waals surface area contributed by atoms with Crippen LogP contribution in [-0.2, 0) is 0 Å². The topological polar surface area (TPSA) is 0 Å². The molecule has 0 aliphatic carbocycles. The summed E-state index contributed by atoms with van der Waals surface area (Å²) in [6.07, 6.45) is 0. The zero-order valence-corrected chi connectivity index (χ0v) is 9.84. The minimum atomic E-state index is 0.983. The summed E-state index contributed by atoms with van der Waals surface area (Å²) in [5, 5.41) is 0.983. The lowest BCUT2D eigenvalue weighted by Gasteiger charge is -2.23. The second kappa shape index (κ2) is 6.87. The molecule has 1 aliphatic rings. The largest absolute Gasteiger partial charge is 0.179 e. The number of rotatable bonds is 6. The van der Waals surface area contributed by atoms with E-state index in [1.807, 2.05) is 11.8 Å². The zero-order chi connectivity index (χ0) is 7.94. The van der Waals surface area contributed by atoms with Crippen molar-refractivity contribution in [2.75, 3.05) is 34.5 Å². The molecule has 1 saturated heterocycles. The molecule has 11 heavy (non-hydrogen) atoms. The third-order valence-electron chi connectivity index (χ3n) is 1.42. The smallest absolute Gasteiger partial charge is 0.0229 e. The van der Waals surface area contributed by atoms with Crippen molar-refractivity contribution in [1.29, 1.82) is 0 Å². The highest BCUT2D eigenvalue weighted by Gasteiger charge is 2.17. The van der Waals surface area contributed by atoms with E-state index in [0.717, 1.165) is 11.0 Å². The molecule has 1 heterocycles. The van der Waals surface area contributed by atoms with E-state index in [2.05, 4.69) is 36.2 Å². The van der Waals surface area contributed by atoms with Crippen molar-refractivity contribution in [3.05, 3.63) is 0 Å². The molecule has 4 heteroatoms. The minimum Gasteiger partial charge on any atom is -0.179 e. The molecule has 0 amide bonds. The highest BCUT2D eigenvalue weighted by molar-refractivity contribution is 8.08. The molecule has 0 aromatic heterocycles. The van der Waals surface area contributed by atoms with Crippen LogP contribution in [0.1, 0.15) is 0 Å². The Morgan fingerprint density at radius 1 is 1.27 bits per heavy atom. The van der Waals surface area contributed by atoms with Gasteiger partial charge in [0.15, 0.2) is 0 Å². The van der Waals surface area contributed by atoms with Gasteiger partial charge in [0.1, 0.15) is 0 Å². The van der Waals surface area contributed by atoms with Crippen molar-refractivity contribution in [1.82, 2.24) is 0 Å². The Morgan fingerprint density at radius 2 is 2.09 bits per heavy atom. The van der Waals surface area contributed by atoms with Crippen molar-refractivity contribution in [3.8, 4) is 0 Å². The van der Waals surface area contributed by atoms with Gasteiger partial charge in [0, 0.05) is 34.0 Å². The molecular formula is C7H14S4. The second-order valence-electron chi connectivity index (χ2n) is 2.37. The van der Waals surface area contributed by atoms with E-state index in [1.54, 1.807) is 0 Å². The molecular weight excluding hydrogens is 212 g/mol. The van der Waals surface area contributed by atoms with Crippen molar-refractivity contribution >= 4 is 47.9 Å². The summed E-state index contributed by atoms with van der Waals surface area (Å²) in [5.74, 6) is 7.66. The van der Waals surface area contributed by atoms with Crippen LogP contribution >= 0.6 is 47.9 Å². The summed E-state index contributed by atoms with van der Waals surface area (Å²) in [5.41, 5.74) is 0. The number of hydrogen-bond donors (Lipinski definition) is 1. The average Bonchev–Trinajstić information content (AvgIpc) is 1.93. The monoisotopic (exact) mass is 226 g/mol. The van der Waals surface area contributed by atoms with Crippen molar-refractivity contribution in [2.24, 2.45) is 0 Å². The van der Waals surface area contributed by atoms with Gasteiger partial charge in [-0.25, -0.2) is 0 Å². The highest BCUT2D eigenvalue weighted by Crippen LogP contribution is 2.29. The summed E-state index contributed by atoms with van der Waals surface area (Å²) < 4.78 is 0. The van der Waals surface area contributed by atoms with Crippen molar-refractivity contribution in [2.45, 2.75) is 5.25 Å². The van der Waals surface area contributed by atoms with E-state index in [0.29, 0.717) is 0 Å². The van der Waals surface area contributed by atoms with E-state index in [9.17, 15) is 0 Å². The van der Waals surface area contributed by atoms with Crippen LogP contribution in [0.5, 0.6) is 0 Å². The molecule has 1 aliphatic heterocycles. The third-order valence-corrected chi connectivity index (χ3v) is 6.14. The van der Waals surface area contributed by atoms with Crippen LogP contribution in [-0.4, -0.2) is 39.8 Å². The molecule has 0 bridgehead atoms. The van der Waals surface area contributed by atoms with Crippen LogP contribution in [0.3, 0.4) is 0 Å². The predicted octanol–water partition coefficient (Wildman–Crippen LogP) is 2.50. The standard InChI is InChI=1S/C7H14S4/c8-1-2-9-3-4-11-7-5-10-6-7/h7-8H,1-6H2. The summed E-state index contributed by atoms with van der Waals surface area (Å²) >= 11 is 10.4. The van der Waals surface area contributed by atoms with E-state index >= 15 is 0 Å². The van der Waals surface area contributed by atoms with Crippen LogP contribution in [0.2, 0.25) is 0 Å². The fourth-order valence-electron chi connectivity index (χ4n) is 0.751. The first-order chi connectivity index (χ1) is 5.43. The molecule has 0 nitrogen and oxygen atoms in total. The number of thiol groups is 1.